The maximum atomic E-state index is 11.6. The average molecular weight is 267 g/mol. The largest absolute Gasteiger partial charge is 0.332 e. The molecule has 1 heterocycles. The first-order chi connectivity index (χ1) is 7.11. The van der Waals surface area contributed by atoms with Gasteiger partial charge in [0, 0.05) is 6.20 Å². The summed E-state index contributed by atoms with van der Waals surface area (Å²) in [6.45, 7) is 0.0317. The van der Waals surface area contributed by atoms with Gasteiger partial charge in [0.05, 0.1) is 17.6 Å². The molecule has 0 aliphatic rings. The molecule has 0 unspecified atom stereocenters. The van der Waals surface area contributed by atoms with Crippen molar-refractivity contribution in [1.29, 1.82) is 0 Å². The quantitative estimate of drug-likeness (QED) is 0.710. The predicted molar refractivity (Wildman–Crippen MR) is 60.3 cm³/mol. The summed E-state index contributed by atoms with van der Waals surface area (Å²) in [7, 11) is 0. The first-order valence-electron chi connectivity index (χ1n) is 3.98. The molecule has 0 atom stereocenters. The zero-order valence-electron chi connectivity index (χ0n) is 7.74. The van der Waals surface area contributed by atoms with Gasteiger partial charge >= 0.3 is 5.69 Å². The monoisotopic (exact) mass is 266 g/mol. The molecule has 4 nitrogen and oxygen atoms in total. The van der Waals surface area contributed by atoms with Gasteiger partial charge in [-0.15, -0.1) is 12.8 Å². The van der Waals surface area contributed by atoms with Crippen molar-refractivity contribution in [3.8, 4) is 24.7 Å². The molecule has 0 amide bonds. The molecule has 0 aromatic carbocycles. The van der Waals surface area contributed by atoms with Crippen molar-refractivity contribution in [3.63, 3.8) is 0 Å². The van der Waals surface area contributed by atoms with E-state index in [2.05, 4.69) is 27.8 Å². The number of terminal acetylenes is 2. The fraction of sp³-hybridized carbons (Fsp3) is 0.200. The number of halogens is 1. The van der Waals surface area contributed by atoms with Gasteiger partial charge in [0.1, 0.15) is 0 Å². The Bertz CT molecular complexity index is 569. The zero-order chi connectivity index (χ0) is 11.4. The van der Waals surface area contributed by atoms with E-state index in [1.807, 2.05) is 0 Å². The van der Waals surface area contributed by atoms with E-state index in [1.54, 1.807) is 0 Å². The van der Waals surface area contributed by atoms with E-state index in [-0.39, 0.29) is 17.6 Å². The van der Waals surface area contributed by atoms with Crippen molar-refractivity contribution in [2.24, 2.45) is 0 Å². The van der Waals surface area contributed by atoms with Gasteiger partial charge in [-0.1, -0.05) is 11.8 Å². The van der Waals surface area contributed by atoms with Crippen molar-refractivity contribution < 1.29 is 0 Å². The summed E-state index contributed by atoms with van der Waals surface area (Å²) in [6.07, 6.45) is 11.5. The van der Waals surface area contributed by atoms with Crippen molar-refractivity contribution in [1.82, 2.24) is 9.13 Å². The molecule has 0 fully saturated rings. The molecule has 5 heteroatoms. The van der Waals surface area contributed by atoms with Crippen LogP contribution in [0.3, 0.4) is 0 Å². The molecule has 0 aliphatic carbocycles. The molecule has 0 saturated heterocycles. The molecular formula is C10H7BrN2O2. The molecule has 76 valence electrons. The third-order valence-electron chi connectivity index (χ3n) is 1.71. The Morgan fingerprint density at radius 2 is 1.87 bits per heavy atom. The van der Waals surface area contributed by atoms with Crippen molar-refractivity contribution in [3.05, 3.63) is 31.5 Å². The summed E-state index contributed by atoms with van der Waals surface area (Å²) in [5.41, 5.74) is -0.953. The fourth-order valence-corrected chi connectivity index (χ4v) is 1.52. The van der Waals surface area contributed by atoms with Crippen LogP contribution in [0.4, 0.5) is 0 Å². The second kappa shape index (κ2) is 4.68. The number of hydrogen-bond donors (Lipinski definition) is 0. The van der Waals surface area contributed by atoms with Crippen molar-refractivity contribution in [2.45, 2.75) is 13.1 Å². The lowest BCUT2D eigenvalue weighted by molar-refractivity contribution is 0.632. The lowest BCUT2D eigenvalue weighted by Gasteiger charge is -2.05. The second-order valence-electron chi connectivity index (χ2n) is 2.69. The molecule has 0 bridgehead atoms. The number of hydrogen-bond acceptors (Lipinski definition) is 2. The molecular weight excluding hydrogens is 260 g/mol. The number of aromatic nitrogens is 2. The third-order valence-corrected chi connectivity index (χ3v) is 2.25. The summed E-state index contributed by atoms with van der Waals surface area (Å²) in [4.78, 5) is 23.1. The van der Waals surface area contributed by atoms with Crippen LogP contribution < -0.4 is 11.2 Å². The molecule has 1 aromatic heterocycles. The molecule has 0 saturated carbocycles. The Balaban J connectivity index is 3.52. The van der Waals surface area contributed by atoms with Gasteiger partial charge < -0.3 is 0 Å². The molecule has 0 spiro atoms. The Labute approximate surface area is 94.7 Å². The van der Waals surface area contributed by atoms with E-state index >= 15 is 0 Å². The summed E-state index contributed by atoms with van der Waals surface area (Å²) in [6, 6.07) is 0. The van der Waals surface area contributed by atoms with Crippen molar-refractivity contribution >= 4 is 15.9 Å². The van der Waals surface area contributed by atoms with Gasteiger partial charge in [-0.25, -0.2) is 9.36 Å². The molecule has 0 radical (unpaired) electrons. The van der Waals surface area contributed by atoms with Crippen LogP contribution in [-0.2, 0) is 13.1 Å². The number of rotatable bonds is 2. The van der Waals surface area contributed by atoms with E-state index in [4.69, 9.17) is 12.8 Å². The van der Waals surface area contributed by atoms with Crippen LogP contribution in [0.5, 0.6) is 0 Å². The fourth-order valence-electron chi connectivity index (χ4n) is 1.06. The predicted octanol–water partition coefficient (Wildman–Crippen LogP) is 0.0389. The summed E-state index contributed by atoms with van der Waals surface area (Å²) >= 11 is 3.04. The molecule has 0 aliphatic heterocycles. The Morgan fingerprint density at radius 3 is 2.40 bits per heavy atom. The van der Waals surface area contributed by atoms with E-state index in [0.717, 1.165) is 4.57 Å². The van der Waals surface area contributed by atoms with Crippen LogP contribution in [0.1, 0.15) is 0 Å². The minimum atomic E-state index is -0.501. The molecule has 1 rings (SSSR count). The highest BCUT2D eigenvalue weighted by molar-refractivity contribution is 9.10. The Kier molecular flexibility index (Phi) is 3.54. The minimum absolute atomic E-state index is 0.0678. The minimum Gasteiger partial charge on any atom is -0.288 e. The lowest BCUT2D eigenvalue weighted by Crippen LogP contribution is -2.39. The van der Waals surface area contributed by atoms with Gasteiger partial charge in [0.25, 0.3) is 5.56 Å². The van der Waals surface area contributed by atoms with Crippen LogP contribution >= 0.6 is 15.9 Å². The first kappa shape index (κ1) is 11.4. The summed E-state index contributed by atoms with van der Waals surface area (Å²) in [5.74, 6) is 4.56. The maximum absolute atomic E-state index is 11.6. The third kappa shape index (κ3) is 2.20. The van der Waals surface area contributed by atoms with Crippen molar-refractivity contribution in [2.75, 3.05) is 0 Å². The molecule has 1 aromatic rings. The average Bonchev–Trinajstić information content (AvgIpc) is 2.21. The highest BCUT2D eigenvalue weighted by Crippen LogP contribution is 1.98. The van der Waals surface area contributed by atoms with Crippen LogP contribution in [0, 0.1) is 24.7 Å². The van der Waals surface area contributed by atoms with E-state index in [9.17, 15) is 9.59 Å². The normalized spacial score (nSPS) is 9.27. The van der Waals surface area contributed by atoms with Crippen LogP contribution in [-0.4, -0.2) is 9.13 Å². The smallest absolute Gasteiger partial charge is 0.288 e. The first-order valence-corrected chi connectivity index (χ1v) is 4.77. The Hall–Kier alpha value is -1.72. The van der Waals surface area contributed by atoms with Crippen LogP contribution in [0.2, 0.25) is 0 Å². The van der Waals surface area contributed by atoms with Gasteiger partial charge in [-0.3, -0.25) is 9.36 Å². The SMILES string of the molecule is C#CCn1cc(Br)c(=O)n(CC#C)c1=O. The van der Waals surface area contributed by atoms with Gasteiger partial charge in [-0.05, 0) is 15.9 Å². The maximum Gasteiger partial charge on any atom is 0.332 e. The highest BCUT2D eigenvalue weighted by Gasteiger charge is 2.07. The molecule has 0 N–H and O–H groups in total. The van der Waals surface area contributed by atoms with E-state index in [1.165, 1.54) is 10.8 Å². The van der Waals surface area contributed by atoms with E-state index in [0.29, 0.717) is 0 Å². The van der Waals surface area contributed by atoms with Crippen LogP contribution in [0.15, 0.2) is 20.3 Å². The molecule has 15 heavy (non-hydrogen) atoms. The summed E-state index contributed by atoms with van der Waals surface area (Å²) < 4.78 is 2.44. The Morgan fingerprint density at radius 1 is 1.27 bits per heavy atom. The lowest BCUT2D eigenvalue weighted by atomic mass is 10.5. The van der Waals surface area contributed by atoms with Crippen LogP contribution in [0.25, 0.3) is 0 Å². The number of nitrogens with zero attached hydrogens (tertiary/aromatic N) is 2. The second-order valence-corrected chi connectivity index (χ2v) is 3.54. The van der Waals surface area contributed by atoms with Gasteiger partial charge in [0.15, 0.2) is 0 Å². The van der Waals surface area contributed by atoms with Gasteiger partial charge in [0.2, 0.25) is 0 Å². The van der Waals surface area contributed by atoms with Gasteiger partial charge in [-0.2, -0.15) is 0 Å². The topological polar surface area (TPSA) is 44.0 Å². The van der Waals surface area contributed by atoms with E-state index < -0.39 is 11.2 Å². The summed E-state index contributed by atoms with van der Waals surface area (Å²) in [5, 5.41) is 0. The zero-order valence-corrected chi connectivity index (χ0v) is 9.32. The highest BCUT2D eigenvalue weighted by atomic mass is 79.9. The standard InChI is InChI=1S/C10H7BrN2O2/c1-3-5-12-7-8(11)9(14)13(6-4-2)10(12)15/h1-2,7H,5-6H2.